The van der Waals surface area contributed by atoms with Crippen LogP contribution < -0.4 is 10.6 Å². The molecule has 1 unspecified atom stereocenters. The molecule has 0 radical (unpaired) electrons. The third-order valence-corrected chi connectivity index (χ3v) is 5.54. The van der Waals surface area contributed by atoms with Gasteiger partial charge in [0.1, 0.15) is 0 Å². The van der Waals surface area contributed by atoms with Crippen LogP contribution in [0.5, 0.6) is 0 Å². The molecule has 2 N–H and O–H groups in total. The van der Waals surface area contributed by atoms with Crippen molar-refractivity contribution in [1.29, 1.82) is 0 Å². The van der Waals surface area contributed by atoms with Crippen molar-refractivity contribution in [2.45, 2.75) is 43.9 Å². The van der Waals surface area contributed by atoms with E-state index in [4.69, 9.17) is 11.6 Å². The van der Waals surface area contributed by atoms with Crippen molar-refractivity contribution < 1.29 is 4.79 Å². The van der Waals surface area contributed by atoms with Gasteiger partial charge in [0.2, 0.25) is 5.91 Å². The second-order valence-electron chi connectivity index (χ2n) is 6.76. The predicted octanol–water partition coefficient (Wildman–Crippen LogP) is 3.69. The van der Waals surface area contributed by atoms with Crippen molar-refractivity contribution in [1.82, 2.24) is 10.6 Å². The molecule has 1 aromatic rings. The van der Waals surface area contributed by atoms with Crippen LogP contribution in [0.3, 0.4) is 0 Å². The van der Waals surface area contributed by atoms with Gasteiger partial charge in [-0.2, -0.15) is 0 Å². The van der Waals surface area contributed by atoms with E-state index in [0.29, 0.717) is 0 Å². The fraction of sp³-hybridized carbons (Fsp3) is 0.611. The van der Waals surface area contributed by atoms with E-state index in [1.165, 1.54) is 18.4 Å². The minimum absolute atomic E-state index is 0. The maximum atomic E-state index is 12.4. The molecule has 0 spiro atoms. The van der Waals surface area contributed by atoms with Crippen molar-refractivity contribution in [3.8, 4) is 0 Å². The summed E-state index contributed by atoms with van der Waals surface area (Å²) in [7, 11) is 0. The molecule has 1 heterocycles. The zero-order valence-corrected chi connectivity index (χ0v) is 15.0. The molecule has 1 aliphatic carbocycles. The molecule has 2 fully saturated rings. The molecular weight excluding hydrogens is 331 g/mol. The zero-order valence-electron chi connectivity index (χ0n) is 13.4. The Bertz CT molecular complexity index is 506. The van der Waals surface area contributed by atoms with Crippen LogP contribution in [0.25, 0.3) is 0 Å². The summed E-state index contributed by atoms with van der Waals surface area (Å²) in [5, 5.41) is 7.32. The van der Waals surface area contributed by atoms with Gasteiger partial charge in [0.05, 0.1) is 5.92 Å². The van der Waals surface area contributed by atoms with E-state index in [1.54, 1.807) is 0 Å². The number of hydrogen-bond donors (Lipinski definition) is 2. The van der Waals surface area contributed by atoms with Gasteiger partial charge in [0.15, 0.2) is 0 Å². The molecular formula is C18H26Cl2N2O. The van der Waals surface area contributed by atoms with Crippen LogP contribution in [0.15, 0.2) is 24.3 Å². The number of benzene rings is 1. The molecule has 3 nitrogen and oxygen atoms in total. The number of amides is 1. The van der Waals surface area contributed by atoms with Crippen LogP contribution in [-0.2, 0) is 10.2 Å². The van der Waals surface area contributed by atoms with Crippen LogP contribution in [0.2, 0.25) is 5.02 Å². The number of nitrogens with one attached hydrogen (secondary N) is 2. The summed E-state index contributed by atoms with van der Waals surface area (Å²) in [5.41, 5.74) is 1.42. The smallest absolute Gasteiger partial charge is 0.224 e. The minimum Gasteiger partial charge on any atom is -0.355 e. The first kappa shape index (κ1) is 18.6. The Hall–Kier alpha value is -0.770. The van der Waals surface area contributed by atoms with E-state index in [2.05, 4.69) is 22.8 Å². The molecule has 1 aliphatic heterocycles. The van der Waals surface area contributed by atoms with Crippen LogP contribution >= 0.6 is 24.0 Å². The summed E-state index contributed by atoms with van der Waals surface area (Å²) in [4.78, 5) is 12.4. The number of halogens is 2. The molecule has 1 atom stereocenters. The average Bonchev–Trinajstić information content (AvgIpc) is 3.04. The molecule has 1 saturated carbocycles. The number of hydrogen-bond acceptors (Lipinski definition) is 2. The molecule has 3 rings (SSSR count). The normalized spacial score (nSPS) is 23.1. The molecule has 5 heteroatoms. The highest BCUT2D eigenvalue weighted by atomic mass is 35.5. The lowest BCUT2D eigenvalue weighted by Crippen LogP contribution is -2.45. The Labute approximate surface area is 150 Å². The number of piperidine rings is 1. The Balaban J connectivity index is 0.00000192. The summed E-state index contributed by atoms with van der Waals surface area (Å²) in [5.74, 6) is 0.352. The van der Waals surface area contributed by atoms with Crippen molar-refractivity contribution in [3.05, 3.63) is 34.9 Å². The van der Waals surface area contributed by atoms with E-state index in [0.717, 1.165) is 50.3 Å². The molecule has 1 aromatic carbocycles. The van der Waals surface area contributed by atoms with E-state index < -0.39 is 0 Å². The van der Waals surface area contributed by atoms with Gasteiger partial charge in [-0.25, -0.2) is 0 Å². The molecule has 2 aliphatic rings. The predicted molar refractivity (Wildman–Crippen MR) is 97.4 cm³/mol. The summed E-state index contributed by atoms with van der Waals surface area (Å²) < 4.78 is 0. The third-order valence-electron chi connectivity index (χ3n) is 5.29. The quantitative estimate of drug-likeness (QED) is 0.863. The Morgan fingerprint density at radius 1 is 1.22 bits per heavy atom. The third kappa shape index (κ3) is 4.40. The second kappa shape index (κ2) is 8.36. The summed E-state index contributed by atoms with van der Waals surface area (Å²) in [6, 6.07) is 8.18. The lowest BCUT2D eigenvalue weighted by molar-refractivity contribution is -0.125. The van der Waals surface area contributed by atoms with Gasteiger partial charge in [0.25, 0.3) is 0 Å². The van der Waals surface area contributed by atoms with Gasteiger partial charge >= 0.3 is 0 Å². The standard InChI is InChI=1S/C18H25ClN2O.ClH/c19-16-7-5-15(6-8-16)18(9-1-2-10-18)13-21-17(22)14-4-3-11-20-12-14;/h5-8,14,20H,1-4,9-13H2,(H,21,22);1H. The first-order valence-corrected chi connectivity index (χ1v) is 8.82. The number of rotatable bonds is 4. The second-order valence-corrected chi connectivity index (χ2v) is 7.19. The van der Waals surface area contributed by atoms with E-state index in [-0.39, 0.29) is 29.6 Å². The summed E-state index contributed by atoms with van der Waals surface area (Å²) in [6.45, 7) is 2.61. The highest BCUT2D eigenvalue weighted by Gasteiger charge is 2.36. The van der Waals surface area contributed by atoms with Crippen LogP contribution in [0.1, 0.15) is 44.1 Å². The molecule has 128 valence electrons. The zero-order chi connectivity index (χ0) is 15.4. The fourth-order valence-electron chi connectivity index (χ4n) is 3.90. The Kier molecular flexibility index (Phi) is 6.75. The van der Waals surface area contributed by atoms with Gasteiger partial charge in [-0.3, -0.25) is 4.79 Å². The monoisotopic (exact) mass is 356 g/mol. The minimum atomic E-state index is 0. The highest BCUT2D eigenvalue weighted by molar-refractivity contribution is 6.30. The lowest BCUT2D eigenvalue weighted by atomic mass is 9.78. The van der Waals surface area contributed by atoms with Crippen LogP contribution in [0.4, 0.5) is 0 Å². The number of carbonyl (C=O) groups is 1. The molecule has 23 heavy (non-hydrogen) atoms. The van der Waals surface area contributed by atoms with Gasteiger partial charge < -0.3 is 10.6 Å². The topological polar surface area (TPSA) is 41.1 Å². The first-order valence-electron chi connectivity index (χ1n) is 8.44. The van der Waals surface area contributed by atoms with Gasteiger partial charge in [-0.15, -0.1) is 12.4 Å². The van der Waals surface area contributed by atoms with Gasteiger partial charge in [-0.05, 0) is 49.9 Å². The largest absolute Gasteiger partial charge is 0.355 e. The Morgan fingerprint density at radius 3 is 2.52 bits per heavy atom. The SMILES string of the molecule is Cl.O=C(NCC1(c2ccc(Cl)cc2)CCCC1)C1CCCNC1. The fourth-order valence-corrected chi connectivity index (χ4v) is 4.02. The number of carbonyl (C=O) groups excluding carboxylic acids is 1. The van der Waals surface area contributed by atoms with Crippen molar-refractivity contribution in [2.24, 2.45) is 5.92 Å². The van der Waals surface area contributed by atoms with E-state index in [1.807, 2.05) is 12.1 Å². The van der Waals surface area contributed by atoms with E-state index >= 15 is 0 Å². The molecule has 0 aromatic heterocycles. The van der Waals surface area contributed by atoms with Crippen LogP contribution in [-0.4, -0.2) is 25.5 Å². The van der Waals surface area contributed by atoms with E-state index in [9.17, 15) is 4.79 Å². The summed E-state index contributed by atoms with van der Waals surface area (Å²) >= 11 is 6.02. The lowest BCUT2D eigenvalue weighted by Gasteiger charge is -2.31. The van der Waals surface area contributed by atoms with Crippen molar-refractivity contribution >= 4 is 29.9 Å². The average molecular weight is 357 g/mol. The maximum Gasteiger partial charge on any atom is 0.224 e. The van der Waals surface area contributed by atoms with Crippen LogP contribution in [0, 0.1) is 5.92 Å². The summed E-state index contributed by atoms with van der Waals surface area (Å²) in [6.07, 6.45) is 6.88. The molecule has 1 saturated heterocycles. The van der Waals surface area contributed by atoms with Gasteiger partial charge in [0, 0.05) is 23.5 Å². The molecule has 1 amide bonds. The first-order chi connectivity index (χ1) is 10.7. The maximum absolute atomic E-state index is 12.4. The van der Waals surface area contributed by atoms with Crippen molar-refractivity contribution in [2.75, 3.05) is 19.6 Å². The highest BCUT2D eigenvalue weighted by Crippen LogP contribution is 2.41. The molecule has 0 bridgehead atoms. The van der Waals surface area contributed by atoms with Crippen molar-refractivity contribution in [3.63, 3.8) is 0 Å². The Morgan fingerprint density at radius 2 is 1.91 bits per heavy atom. The van der Waals surface area contributed by atoms with Gasteiger partial charge in [-0.1, -0.05) is 36.6 Å².